The van der Waals surface area contributed by atoms with E-state index in [1.54, 1.807) is 13.2 Å². The van der Waals surface area contributed by atoms with Crippen molar-refractivity contribution >= 4 is 17.2 Å². The zero-order chi connectivity index (χ0) is 13.8. The van der Waals surface area contributed by atoms with Gasteiger partial charge >= 0.3 is 0 Å². The molecule has 0 aliphatic carbocycles. The zero-order valence-electron chi connectivity index (χ0n) is 10.4. The van der Waals surface area contributed by atoms with Crippen LogP contribution in [-0.4, -0.2) is 21.6 Å². The van der Waals surface area contributed by atoms with Crippen LogP contribution in [0.2, 0.25) is 0 Å². The van der Waals surface area contributed by atoms with Crippen LogP contribution < -0.4 is 16.0 Å². The van der Waals surface area contributed by atoms with Crippen LogP contribution in [0.25, 0.3) is 0 Å². The monoisotopic (exact) mass is 275 g/mol. The molecule has 0 radical (unpaired) electrons. The van der Waals surface area contributed by atoms with E-state index >= 15 is 0 Å². The highest BCUT2D eigenvalue weighted by Gasteiger charge is 2.07. The van der Waals surface area contributed by atoms with Gasteiger partial charge in [0.15, 0.2) is 0 Å². The van der Waals surface area contributed by atoms with E-state index in [-0.39, 0.29) is 10.5 Å². The maximum absolute atomic E-state index is 11.6. The van der Waals surface area contributed by atoms with E-state index < -0.39 is 0 Å². The van der Waals surface area contributed by atoms with E-state index in [9.17, 15) is 4.79 Å². The first-order valence-electron chi connectivity index (χ1n) is 5.59. The smallest absolute Gasteiger partial charge is 0.253 e. The van der Waals surface area contributed by atoms with Gasteiger partial charge in [0, 0.05) is 12.3 Å². The number of thiocarbonyl (C=S) groups is 1. The third-order valence-electron chi connectivity index (χ3n) is 2.67. The van der Waals surface area contributed by atoms with Crippen molar-refractivity contribution in [1.29, 1.82) is 0 Å². The number of rotatable bonds is 4. The lowest BCUT2D eigenvalue weighted by Gasteiger charge is -2.10. The molecule has 5 nitrogen and oxygen atoms in total. The van der Waals surface area contributed by atoms with Crippen LogP contribution in [0, 0.1) is 0 Å². The minimum atomic E-state index is -0.109. The van der Waals surface area contributed by atoms with Gasteiger partial charge < -0.3 is 10.5 Å². The van der Waals surface area contributed by atoms with Crippen molar-refractivity contribution in [3.05, 3.63) is 58.3 Å². The minimum absolute atomic E-state index is 0.109. The molecular weight excluding hydrogens is 262 g/mol. The molecule has 1 aromatic carbocycles. The molecule has 19 heavy (non-hydrogen) atoms. The number of hydrogen-bond acceptors (Lipinski definition) is 4. The van der Waals surface area contributed by atoms with E-state index in [0.29, 0.717) is 17.9 Å². The SMILES string of the molecule is COc1ccc(Cn2cnccc2=O)cc1C(N)=S. The Hall–Kier alpha value is -2.21. The van der Waals surface area contributed by atoms with Crippen LogP contribution in [0.3, 0.4) is 0 Å². The van der Waals surface area contributed by atoms with Crippen LogP contribution >= 0.6 is 12.2 Å². The van der Waals surface area contributed by atoms with Gasteiger partial charge in [-0.1, -0.05) is 18.3 Å². The second-order valence-electron chi connectivity index (χ2n) is 3.95. The highest BCUT2D eigenvalue weighted by atomic mass is 32.1. The predicted molar refractivity (Wildman–Crippen MR) is 76.5 cm³/mol. The largest absolute Gasteiger partial charge is 0.496 e. The molecule has 0 bridgehead atoms. The summed E-state index contributed by atoms with van der Waals surface area (Å²) in [6.07, 6.45) is 2.96. The topological polar surface area (TPSA) is 70.1 Å². The van der Waals surface area contributed by atoms with Crippen molar-refractivity contribution in [2.75, 3.05) is 7.11 Å². The summed E-state index contributed by atoms with van der Waals surface area (Å²) >= 11 is 4.98. The van der Waals surface area contributed by atoms with Crippen molar-refractivity contribution in [2.24, 2.45) is 5.73 Å². The lowest BCUT2D eigenvalue weighted by molar-refractivity contribution is 0.414. The number of ether oxygens (including phenoxy) is 1. The first-order chi connectivity index (χ1) is 9.11. The minimum Gasteiger partial charge on any atom is -0.496 e. The van der Waals surface area contributed by atoms with E-state index in [0.717, 1.165) is 5.56 Å². The molecule has 98 valence electrons. The van der Waals surface area contributed by atoms with Gasteiger partial charge in [0.25, 0.3) is 5.56 Å². The van der Waals surface area contributed by atoms with Gasteiger partial charge in [-0.25, -0.2) is 4.98 Å². The fourth-order valence-corrected chi connectivity index (χ4v) is 1.90. The quantitative estimate of drug-likeness (QED) is 0.841. The fraction of sp³-hybridized carbons (Fsp3) is 0.154. The van der Waals surface area contributed by atoms with Crippen molar-refractivity contribution in [3.8, 4) is 5.75 Å². The van der Waals surface area contributed by atoms with E-state index in [1.807, 2.05) is 12.1 Å². The summed E-state index contributed by atoms with van der Waals surface area (Å²) in [4.78, 5) is 15.8. The molecule has 0 unspecified atom stereocenters. The molecular formula is C13H13N3O2S. The Morgan fingerprint density at radius 1 is 1.47 bits per heavy atom. The normalized spacial score (nSPS) is 10.2. The molecule has 0 amide bonds. The number of methoxy groups -OCH3 is 1. The molecule has 2 aromatic rings. The number of aromatic nitrogens is 2. The summed E-state index contributed by atoms with van der Waals surface area (Å²) in [5.74, 6) is 0.620. The Morgan fingerprint density at radius 2 is 2.26 bits per heavy atom. The highest BCUT2D eigenvalue weighted by Crippen LogP contribution is 2.20. The highest BCUT2D eigenvalue weighted by molar-refractivity contribution is 7.80. The number of hydrogen-bond donors (Lipinski definition) is 1. The molecule has 0 fully saturated rings. The Morgan fingerprint density at radius 3 is 2.89 bits per heavy atom. The van der Waals surface area contributed by atoms with Crippen LogP contribution in [0.5, 0.6) is 5.75 Å². The molecule has 2 N–H and O–H groups in total. The average Bonchev–Trinajstić information content (AvgIpc) is 2.41. The van der Waals surface area contributed by atoms with Gasteiger partial charge in [-0.05, 0) is 17.7 Å². The molecule has 0 saturated heterocycles. The summed E-state index contributed by atoms with van der Waals surface area (Å²) in [7, 11) is 1.56. The van der Waals surface area contributed by atoms with E-state index in [1.165, 1.54) is 23.2 Å². The lowest BCUT2D eigenvalue weighted by Crippen LogP contribution is -2.19. The molecule has 0 aliphatic rings. The fourth-order valence-electron chi connectivity index (χ4n) is 1.74. The third-order valence-corrected chi connectivity index (χ3v) is 2.89. The van der Waals surface area contributed by atoms with Gasteiger partial charge in [0.1, 0.15) is 10.7 Å². The van der Waals surface area contributed by atoms with Gasteiger partial charge in [-0.3, -0.25) is 9.36 Å². The van der Waals surface area contributed by atoms with E-state index in [4.69, 9.17) is 22.7 Å². The molecule has 0 atom stereocenters. The Balaban J connectivity index is 2.37. The first kappa shape index (κ1) is 13.2. The predicted octanol–water partition coefficient (Wildman–Crippen LogP) is 0.934. The van der Waals surface area contributed by atoms with Gasteiger partial charge in [-0.2, -0.15) is 0 Å². The van der Waals surface area contributed by atoms with Crippen LogP contribution in [0.4, 0.5) is 0 Å². The number of benzene rings is 1. The van der Waals surface area contributed by atoms with Crippen LogP contribution in [0.15, 0.2) is 41.6 Å². The third kappa shape index (κ3) is 2.97. The second kappa shape index (κ2) is 5.62. The Labute approximate surface area is 115 Å². The Kier molecular flexibility index (Phi) is 3.91. The van der Waals surface area contributed by atoms with Crippen molar-refractivity contribution in [1.82, 2.24) is 9.55 Å². The molecule has 0 saturated carbocycles. The van der Waals surface area contributed by atoms with Crippen molar-refractivity contribution in [2.45, 2.75) is 6.54 Å². The van der Waals surface area contributed by atoms with Crippen LogP contribution in [-0.2, 0) is 6.54 Å². The summed E-state index contributed by atoms with van der Waals surface area (Å²) in [5, 5.41) is 0. The van der Waals surface area contributed by atoms with Gasteiger partial charge in [0.2, 0.25) is 0 Å². The zero-order valence-corrected chi connectivity index (χ0v) is 11.2. The molecule has 0 spiro atoms. The van der Waals surface area contributed by atoms with Gasteiger partial charge in [-0.15, -0.1) is 0 Å². The molecule has 2 rings (SSSR count). The maximum Gasteiger partial charge on any atom is 0.253 e. The van der Waals surface area contributed by atoms with Crippen LogP contribution in [0.1, 0.15) is 11.1 Å². The standard InChI is InChI=1S/C13H13N3O2S/c1-18-11-3-2-9(6-10(11)13(14)19)7-16-8-15-5-4-12(16)17/h2-6,8H,7H2,1H3,(H2,14,19). The molecule has 1 aromatic heterocycles. The van der Waals surface area contributed by atoms with Gasteiger partial charge in [0.05, 0.1) is 25.5 Å². The number of nitrogens with zero attached hydrogens (tertiary/aromatic N) is 2. The van der Waals surface area contributed by atoms with Crippen molar-refractivity contribution in [3.63, 3.8) is 0 Å². The summed E-state index contributed by atoms with van der Waals surface area (Å²) in [5.41, 5.74) is 7.11. The lowest BCUT2D eigenvalue weighted by atomic mass is 10.1. The summed E-state index contributed by atoms with van der Waals surface area (Å²) in [6, 6.07) is 6.88. The average molecular weight is 275 g/mol. The molecule has 6 heteroatoms. The van der Waals surface area contributed by atoms with Crippen molar-refractivity contribution < 1.29 is 4.74 Å². The van der Waals surface area contributed by atoms with E-state index in [2.05, 4.69) is 4.98 Å². The molecule has 1 heterocycles. The summed E-state index contributed by atoms with van der Waals surface area (Å²) < 4.78 is 6.69. The first-order valence-corrected chi connectivity index (χ1v) is 6.00. The maximum atomic E-state index is 11.6. The molecule has 0 aliphatic heterocycles. The second-order valence-corrected chi connectivity index (χ2v) is 4.39. The summed E-state index contributed by atoms with van der Waals surface area (Å²) in [6.45, 7) is 0.409. The Bertz CT molecular complexity index is 667. The number of nitrogens with two attached hydrogens (primary N) is 1.